The van der Waals surface area contributed by atoms with E-state index in [1.54, 1.807) is 24.3 Å². The summed E-state index contributed by atoms with van der Waals surface area (Å²) in [5.74, 6) is -5.73. The SMILES string of the molecule is CCCCCCCCCCCCCCCC(=O)NCCCCC[C@H](NC(=O)CCCCCCCCCCCCCCC)C(=O)N[C@@H](CCCCN)C(=O)N[C@@H](CCCCN)C(=O)N[C@@H](CCCCNC(=O)CC[C@H](NC(=O)[C@@H](O)[C@@H](N)Cc1ccccc1)C(=O)O)C(N)=O. The van der Waals surface area contributed by atoms with E-state index in [0.717, 1.165) is 44.1 Å². The van der Waals surface area contributed by atoms with Crippen LogP contribution in [-0.4, -0.2) is 132 Å². The van der Waals surface area contributed by atoms with E-state index in [9.17, 15) is 53.4 Å². The molecule has 0 radical (unpaired) electrons. The normalized spacial score (nSPS) is 13.5. The van der Waals surface area contributed by atoms with E-state index in [1.165, 1.54) is 122 Å². The fraction of sp³-hybridized carbons (Fsp3) is 0.792. The van der Waals surface area contributed by atoms with Crippen molar-refractivity contribution in [1.82, 2.24) is 37.2 Å². The summed E-state index contributed by atoms with van der Waals surface area (Å²) in [6, 6.07) is 2.13. The van der Waals surface area contributed by atoms with Gasteiger partial charge in [-0.25, -0.2) is 4.79 Å². The van der Waals surface area contributed by atoms with Crippen LogP contribution in [0.3, 0.4) is 0 Å². The molecule has 17 N–H and O–H groups in total. The number of aliphatic hydroxyl groups is 1. The van der Waals surface area contributed by atoms with Gasteiger partial charge >= 0.3 is 5.97 Å². The summed E-state index contributed by atoms with van der Waals surface area (Å²) in [6.07, 6.45) is 35.4. The van der Waals surface area contributed by atoms with Gasteiger partial charge in [0.2, 0.25) is 41.4 Å². The third-order valence-electron chi connectivity index (χ3n) is 17.5. The van der Waals surface area contributed by atoms with Gasteiger partial charge in [0.05, 0.1) is 0 Å². The number of nitrogens with one attached hydrogen (secondary N) is 7. The second-order valence-corrected chi connectivity index (χ2v) is 26.0. The molecule has 0 bridgehead atoms. The molecule has 0 saturated heterocycles. The van der Waals surface area contributed by atoms with Gasteiger partial charge in [0, 0.05) is 38.4 Å². The van der Waals surface area contributed by atoms with Crippen molar-refractivity contribution in [3.63, 3.8) is 0 Å². The number of aliphatic hydroxyl groups excluding tert-OH is 1. The Bertz CT molecular complexity index is 2180. The second-order valence-electron chi connectivity index (χ2n) is 26.0. The Kier molecular flexibility index (Phi) is 53.8. The van der Waals surface area contributed by atoms with E-state index in [1.807, 2.05) is 6.07 Å². The van der Waals surface area contributed by atoms with Gasteiger partial charge < -0.3 is 70.4 Å². The van der Waals surface area contributed by atoms with Crippen molar-refractivity contribution < 1.29 is 53.4 Å². The molecule has 22 nitrogen and oxygen atoms in total. The molecule has 0 spiro atoms. The molecule has 94 heavy (non-hydrogen) atoms. The van der Waals surface area contributed by atoms with E-state index >= 15 is 0 Å². The molecular formula is C72H131N11O11. The highest BCUT2D eigenvalue weighted by Gasteiger charge is 2.32. The van der Waals surface area contributed by atoms with Crippen LogP contribution in [0.2, 0.25) is 0 Å². The number of carbonyl (C=O) groups is 9. The smallest absolute Gasteiger partial charge is 0.326 e. The third-order valence-corrected chi connectivity index (χ3v) is 17.5. The molecule has 0 unspecified atom stereocenters. The number of carbonyl (C=O) groups excluding carboxylic acids is 8. The zero-order valence-corrected chi connectivity index (χ0v) is 58.2. The predicted molar refractivity (Wildman–Crippen MR) is 375 cm³/mol. The largest absolute Gasteiger partial charge is 0.480 e. The molecule has 1 aromatic rings. The summed E-state index contributed by atoms with van der Waals surface area (Å²) in [6.45, 7) is 5.79. The molecule has 22 heteroatoms. The third kappa shape index (κ3) is 46.4. The Morgan fingerprint density at radius 1 is 0.383 bits per heavy atom. The van der Waals surface area contributed by atoms with E-state index < -0.39 is 83.8 Å². The van der Waals surface area contributed by atoms with Gasteiger partial charge in [0.1, 0.15) is 36.3 Å². The van der Waals surface area contributed by atoms with Crippen LogP contribution < -0.4 is 60.2 Å². The first-order valence-electron chi connectivity index (χ1n) is 36.9. The van der Waals surface area contributed by atoms with Gasteiger partial charge in [-0.2, -0.15) is 0 Å². The molecule has 0 aliphatic rings. The molecule has 0 aromatic heterocycles. The molecule has 540 valence electrons. The number of hydrogen-bond donors (Lipinski definition) is 13. The van der Waals surface area contributed by atoms with Crippen molar-refractivity contribution in [2.24, 2.45) is 22.9 Å². The predicted octanol–water partition coefficient (Wildman–Crippen LogP) is 8.88. The highest BCUT2D eigenvalue weighted by molar-refractivity contribution is 5.95. The van der Waals surface area contributed by atoms with E-state index in [2.05, 4.69) is 51.1 Å². The maximum Gasteiger partial charge on any atom is 0.326 e. The van der Waals surface area contributed by atoms with Crippen LogP contribution in [0.15, 0.2) is 30.3 Å². The summed E-state index contributed by atoms with van der Waals surface area (Å²) in [5, 5.41) is 39.6. The first-order valence-corrected chi connectivity index (χ1v) is 36.9. The fourth-order valence-electron chi connectivity index (χ4n) is 11.5. The molecule has 0 aliphatic heterocycles. The standard InChI is InChI=1S/C72H131N11O11/c1-3-5-7-9-11-13-15-17-19-21-23-25-32-47-63(84)77-53-39-28-31-44-59(79-65(86)48-33-26-24-22-20-18-16-14-12-10-8-6-4-2)68(89)81-61(46-35-38-52-74)70(91)82-60(45-34-37-51-73)69(90)80-58(67(76)88)43-36-40-54-78-64(85)50-49-62(72(93)94)83-71(92)66(87)57(75)55-56-41-29-27-30-42-56/h27,29-30,41-42,57-62,66,87H,3-26,28,31-40,43-55,73-75H2,1-2H3,(H2,76,88)(H,77,84)(H,78,85)(H,79,86)(H,80,90)(H,81,89)(H,82,91)(H,83,92)(H,93,94)/t57-,58-,59-,60-,61-,62-,66-/m0/s1. The molecule has 0 fully saturated rings. The highest BCUT2D eigenvalue weighted by atomic mass is 16.4. The van der Waals surface area contributed by atoms with Crippen molar-refractivity contribution in [3.8, 4) is 0 Å². The minimum atomic E-state index is -1.69. The van der Waals surface area contributed by atoms with Gasteiger partial charge in [-0.1, -0.05) is 211 Å². The number of primary amides is 1. The fourth-order valence-corrected chi connectivity index (χ4v) is 11.5. The average Bonchev–Trinajstić information content (AvgIpc) is 1.61. The van der Waals surface area contributed by atoms with E-state index in [0.29, 0.717) is 96.7 Å². The van der Waals surface area contributed by atoms with Gasteiger partial charge in [-0.05, 0) is 115 Å². The molecule has 0 heterocycles. The van der Waals surface area contributed by atoms with Crippen LogP contribution in [0, 0.1) is 0 Å². The zero-order valence-electron chi connectivity index (χ0n) is 58.2. The highest BCUT2D eigenvalue weighted by Crippen LogP contribution is 2.17. The number of rotatable bonds is 64. The second kappa shape index (κ2) is 58.6. The number of nitrogens with two attached hydrogens (primary N) is 4. The minimum absolute atomic E-state index is 0.0405. The number of carboxylic acids is 1. The van der Waals surface area contributed by atoms with Crippen LogP contribution >= 0.6 is 0 Å². The maximum absolute atomic E-state index is 14.3. The Hall–Kier alpha value is -5.71. The lowest BCUT2D eigenvalue weighted by atomic mass is 10.0. The Labute approximate surface area is 565 Å². The molecule has 0 saturated carbocycles. The number of benzene rings is 1. The van der Waals surface area contributed by atoms with Crippen LogP contribution in [0.25, 0.3) is 0 Å². The van der Waals surface area contributed by atoms with Crippen molar-refractivity contribution in [2.45, 2.75) is 339 Å². The Morgan fingerprint density at radius 3 is 1.15 bits per heavy atom. The van der Waals surface area contributed by atoms with E-state index in [-0.39, 0.29) is 63.3 Å². The van der Waals surface area contributed by atoms with Crippen LogP contribution in [0.5, 0.6) is 0 Å². The average molecular weight is 1330 g/mol. The lowest BCUT2D eigenvalue weighted by Crippen LogP contribution is -2.58. The number of amides is 8. The molecule has 8 amide bonds. The molecule has 7 atom stereocenters. The lowest BCUT2D eigenvalue weighted by molar-refractivity contribution is -0.144. The quantitative estimate of drug-likeness (QED) is 0.0271. The molecule has 1 rings (SSSR count). The molecular weight excluding hydrogens is 1190 g/mol. The van der Waals surface area contributed by atoms with Crippen LogP contribution in [-0.2, 0) is 49.6 Å². The first kappa shape index (κ1) is 86.3. The molecule has 0 aliphatic carbocycles. The van der Waals surface area contributed by atoms with E-state index in [4.69, 9.17) is 22.9 Å². The van der Waals surface area contributed by atoms with Gasteiger partial charge in [-0.15, -0.1) is 0 Å². The van der Waals surface area contributed by atoms with Crippen LogP contribution in [0.4, 0.5) is 0 Å². The summed E-state index contributed by atoms with van der Waals surface area (Å²) in [7, 11) is 0. The van der Waals surface area contributed by atoms with Crippen molar-refractivity contribution in [1.29, 1.82) is 0 Å². The number of carboxylic acid groups (broad SMARTS) is 1. The Morgan fingerprint density at radius 2 is 0.723 bits per heavy atom. The van der Waals surface area contributed by atoms with Crippen LogP contribution in [0.1, 0.15) is 296 Å². The zero-order chi connectivity index (χ0) is 69.2. The summed E-state index contributed by atoms with van der Waals surface area (Å²) in [4.78, 5) is 119. The number of hydrogen-bond acceptors (Lipinski definition) is 13. The number of unbranched alkanes of at least 4 members (excludes halogenated alkanes) is 29. The maximum atomic E-state index is 14.3. The minimum Gasteiger partial charge on any atom is -0.480 e. The molecule has 1 aromatic carbocycles. The summed E-state index contributed by atoms with van der Waals surface area (Å²) in [5.41, 5.74) is 24.3. The van der Waals surface area contributed by atoms with Crippen molar-refractivity contribution >= 4 is 53.2 Å². The topological polar surface area (TPSA) is 382 Å². The van der Waals surface area contributed by atoms with Crippen molar-refractivity contribution in [2.75, 3.05) is 26.2 Å². The monoisotopic (exact) mass is 1330 g/mol. The Balaban J connectivity index is 2.93. The first-order chi connectivity index (χ1) is 45.5. The lowest BCUT2D eigenvalue weighted by Gasteiger charge is -2.26. The summed E-state index contributed by atoms with van der Waals surface area (Å²) >= 11 is 0. The van der Waals surface area contributed by atoms with Gasteiger partial charge in [0.15, 0.2) is 0 Å². The number of aliphatic carboxylic acids is 1. The summed E-state index contributed by atoms with van der Waals surface area (Å²) < 4.78 is 0. The van der Waals surface area contributed by atoms with Crippen molar-refractivity contribution in [3.05, 3.63) is 35.9 Å². The van der Waals surface area contributed by atoms with Gasteiger partial charge in [0.25, 0.3) is 5.91 Å². The van der Waals surface area contributed by atoms with Gasteiger partial charge in [-0.3, -0.25) is 38.4 Å².